The number of thiophene rings is 1. The van der Waals surface area contributed by atoms with Crippen molar-refractivity contribution in [1.29, 1.82) is 0 Å². The van der Waals surface area contributed by atoms with E-state index in [9.17, 15) is 9.59 Å². The van der Waals surface area contributed by atoms with E-state index in [0.717, 1.165) is 33.0 Å². The Kier molecular flexibility index (Phi) is 9.37. The predicted octanol–water partition coefficient (Wildman–Crippen LogP) is 6.11. The molecule has 2 amide bonds. The quantitative estimate of drug-likeness (QED) is 0.176. The molecule has 0 fully saturated rings. The molecule has 0 unspecified atom stereocenters. The summed E-state index contributed by atoms with van der Waals surface area (Å²) in [5.74, 6) is 0.875. The number of nitrogens with zero attached hydrogens (tertiary/aromatic N) is 5. The molecule has 0 spiro atoms. The minimum atomic E-state index is -0.280. The Balaban J connectivity index is 1.19. The normalized spacial score (nSPS) is 14.3. The van der Waals surface area contributed by atoms with Gasteiger partial charge in [0.2, 0.25) is 0 Å². The fourth-order valence-corrected chi connectivity index (χ4v) is 6.55. The highest BCUT2D eigenvalue weighted by Gasteiger charge is 2.33. The first-order chi connectivity index (χ1) is 21.9. The van der Waals surface area contributed by atoms with E-state index in [-0.39, 0.29) is 36.8 Å². The zero-order valence-corrected chi connectivity index (χ0v) is 26.6. The van der Waals surface area contributed by atoms with Crippen LogP contribution >= 0.6 is 23.1 Å². The summed E-state index contributed by atoms with van der Waals surface area (Å²) < 4.78 is 7.45. The van der Waals surface area contributed by atoms with Gasteiger partial charge < -0.3 is 10.1 Å². The summed E-state index contributed by atoms with van der Waals surface area (Å²) >= 11 is 2.92. The summed E-state index contributed by atoms with van der Waals surface area (Å²) in [4.78, 5) is 27.4. The molecule has 0 radical (unpaired) electrons. The first kappa shape index (κ1) is 30.3. The Morgan fingerprint density at radius 3 is 2.53 bits per heavy atom. The van der Waals surface area contributed by atoms with E-state index in [0.29, 0.717) is 23.2 Å². The molecule has 3 heterocycles. The van der Waals surface area contributed by atoms with Gasteiger partial charge in [-0.25, -0.2) is 5.01 Å². The third-order valence-electron chi connectivity index (χ3n) is 7.28. The fourth-order valence-electron chi connectivity index (χ4n) is 5.00. The maximum Gasteiger partial charge on any atom is 0.258 e. The van der Waals surface area contributed by atoms with Crippen LogP contribution in [0.2, 0.25) is 0 Å². The van der Waals surface area contributed by atoms with Crippen molar-refractivity contribution < 1.29 is 14.3 Å². The number of rotatable bonds is 11. The summed E-state index contributed by atoms with van der Waals surface area (Å²) in [5, 5.41) is 20.7. The van der Waals surface area contributed by atoms with Crippen LogP contribution in [-0.4, -0.2) is 49.7 Å². The van der Waals surface area contributed by atoms with Crippen LogP contribution in [0.1, 0.15) is 39.9 Å². The number of para-hydroxylation sites is 1. The second-order valence-electron chi connectivity index (χ2n) is 10.6. The number of hydrazone groups is 1. The Bertz CT molecular complexity index is 1800. The maximum absolute atomic E-state index is 13.8. The van der Waals surface area contributed by atoms with Gasteiger partial charge in [0.05, 0.1) is 28.9 Å². The summed E-state index contributed by atoms with van der Waals surface area (Å²) in [5.41, 5.74) is 5.03. The van der Waals surface area contributed by atoms with Crippen molar-refractivity contribution in [3.05, 3.63) is 124 Å². The van der Waals surface area contributed by atoms with Gasteiger partial charge in [0.25, 0.3) is 11.8 Å². The van der Waals surface area contributed by atoms with Crippen LogP contribution in [-0.2, 0) is 16.1 Å². The SMILES string of the molecule is Cc1ccc([C@H]2CC(c3cccs3)=NN2C(=O)CSc2nnc(CNC(=O)COc3ccccc3)n2-c2cccc(C)c2)cc1. The molecule has 0 aliphatic carbocycles. The number of carbonyl (C=O) groups excluding carboxylic acids is 2. The molecule has 2 aromatic heterocycles. The molecule has 1 atom stereocenters. The zero-order chi connectivity index (χ0) is 31.2. The highest BCUT2D eigenvalue weighted by atomic mass is 32.2. The highest BCUT2D eigenvalue weighted by Crippen LogP contribution is 2.35. The lowest BCUT2D eigenvalue weighted by Crippen LogP contribution is -2.29. The molecule has 6 rings (SSSR count). The third kappa shape index (κ3) is 7.33. The van der Waals surface area contributed by atoms with Crippen molar-refractivity contribution in [3.8, 4) is 11.4 Å². The molecule has 1 aliphatic rings. The standard InChI is InChI=1S/C34H32N6O3S2/c1-23-13-15-25(16-14-23)29-19-28(30-12-7-17-44-30)38-40(29)33(42)22-45-34-37-36-31(39(34)26-9-6-8-24(2)18-26)20-35-32(41)21-43-27-10-4-3-5-11-27/h3-18,29H,19-22H2,1-2H3,(H,35,41)/t29-/m1/s1. The summed E-state index contributed by atoms with van der Waals surface area (Å²) in [7, 11) is 0. The molecule has 0 bridgehead atoms. The number of benzene rings is 3. The summed E-state index contributed by atoms with van der Waals surface area (Å²) in [6.07, 6.45) is 0.650. The lowest BCUT2D eigenvalue weighted by Gasteiger charge is -2.22. The van der Waals surface area contributed by atoms with E-state index in [1.54, 1.807) is 28.5 Å². The molecule has 5 aromatic rings. The average molecular weight is 637 g/mol. The molecule has 45 heavy (non-hydrogen) atoms. The zero-order valence-electron chi connectivity index (χ0n) is 24.9. The number of amides is 2. The predicted molar refractivity (Wildman–Crippen MR) is 177 cm³/mol. The lowest BCUT2D eigenvalue weighted by atomic mass is 10.00. The number of carbonyl (C=O) groups is 2. The molecule has 0 saturated carbocycles. The monoisotopic (exact) mass is 636 g/mol. The largest absolute Gasteiger partial charge is 0.484 e. The maximum atomic E-state index is 13.8. The number of aromatic nitrogens is 3. The highest BCUT2D eigenvalue weighted by molar-refractivity contribution is 7.99. The molecule has 228 valence electrons. The number of hydrogen-bond donors (Lipinski definition) is 1. The van der Waals surface area contributed by atoms with Crippen LogP contribution in [0.5, 0.6) is 5.75 Å². The summed E-state index contributed by atoms with van der Waals surface area (Å²) in [6.45, 7) is 4.08. The van der Waals surface area contributed by atoms with E-state index >= 15 is 0 Å². The van der Waals surface area contributed by atoms with Gasteiger partial charge in [0, 0.05) is 12.1 Å². The van der Waals surface area contributed by atoms with Gasteiger partial charge in [-0.15, -0.1) is 21.5 Å². The second-order valence-corrected chi connectivity index (χ2v) is 12.5. The van der Waals surface area contributed by atoms with E-state index in [2.05, 4.69) is 39.8 Å². The van der Waals surface area contributed by atoms with Gasteiger partial charge in [0.1, 0.15) is 5.75 Å². The number of ether oxygens (including phenoxy) is 1. The van der Waals surface area contributed by atoms with E-state index in [1.807, 2.05) is 78.4 Å². The second kappa shape index (κ2) is 13.9. The van der Waals surface area contributed by atoms with Gasteiger partial charge in [0.15, 0.2) is 17.6 Å². The van der Waals surface area contributed by atoms with Crippen molar-refractivity contribution in [1.82, 2.24) is 25.1 Å². The van der Waals surface area contributed by atoms with Crippen molar-refractivity contribution in [2.45, 2.75) is 38.0 Å². The molecular weight excluding hydrogens is 605 g/mol. The number of hydrogen-bond acceptors (Lipinski definition) is 8. The van der Waals surface area contributed by atoms with Crippen LogP contribution in [0.25, 0.3) is 5.69 Å². The van der Waals surface area contributed by atoms with E-state index < -0.39 is 0 Å². The Morgan fingerprint density at radius 2 is 1.78 bits per heavy atom. The van der Waals surface area contributed by atoms with Crippen molar-refractivity contribution in [3.63, 3.8) is 0 Å². The number of nitrogens with one attached hydrogen (secondary N) is 1. The third-order valence-corrected chi connectivity index (χ3v) is 9.11. The molecule has 11 heteroatoms. The average Bonchev–Trinajstić information content (AvgIpc) is 3.83. The lowest BCUT2D eigenvalue weighted by molar-refractivity contribution is -0.130. The Hall–Kier alpha value is -4.74. The fraction of sp³-hybridized carbons (Fsp3) is 0.206. The van der Waals surface area contributed by atoms with Crippen LogP contribution in [0.15, 0.2) is 107 Å². The molecule has 9 nitrogen and oxygen atoms in total. The summed E-state index contributed by atoms with van der Waals surface area (Å²) in [6, 6.07) is 29.2. The topological polar surface area (TPSA) is 102 Å². The van der Waals surface area contributed by atoms with Gasteiger partial charge in [-0.05, 0) is 60.7 Å². The minimum absolute atomic E-state index is 0.116. The Labute approximate surface area is 270 Å². The van der Waals surface area contributed by atoms with Crippen LogP contribution in [0, 0.1) is 13.8 Å². The molecule has 3 aromatic carbocycles. The van der Waals surface area contributed by atoms with Crippen LogP contribution < -0.4 is 10.1 Å². The van der Waals surface area contributed by atoms with Gasteiger partial charge in [-0.1, -0.05) is 78.0 Å². The smallest absolute Gasteiger partial charge is 0.258 e. The first-order valence-corrected chi connectivity index (χ1v) is 16.4. The van der Waals surface area contributed by atoms with Crippen molar-refractivity contribution in [2.75, 3.05) is 12.4 Å². The van der Waals surface area contributed by atoms with E-state index in [4.69, 9.17) is 9.84 Å². The Morgan fingerprint density at radius 1 is 0.956 bits per heavy atom. The number of aryl methyl sites for hydroxylation is 2. The van der Waals surface area contributed by atoms with Gasteiger partial charge in [-0.2, -0.15) is 5.10 Å². The minimum Gasteiger partial charge on any atom is -0.484 e. The van der Waals surface area contributed by atoms with Gasteiger partial charge in [-0.3, -0.25) is 14.2 Å². The molecular formula is C34H32N6O3S2. The van der Waals surface area contributed by atoms with Crippen LogP contribution in [0.4, 0.5) is 0 Å². The molecule has 1 aliphatic heterocycles. The van der Waals surface area contributed by atoms with Gasteiger partial charge >= 0.3 is 0 Å². The molecule has 1 N–H and O–H groups in total. The van der Waals surface area contributed by atoms with E-state index in [1.165, 1.54) is 11.8 Å². The first-order valence-electron chi connectivity index (χ1n) is 14.5. The van der Waals surface area contributed by atoms with Crippen LogP contribution in [0.3, 0.4) is 0 Å². The van der Waals surface area contributed by atoms with Crippen molar-refractivity contribution >= 4 is 40.6 Å². The number of thioether (sulfide) groups is 1. The molecule has 0 saturated heterocycles. The van der Waals surface area contributed by atoms with Crippen molar-refractivity contribution in [2.24, 2.45) is 5.10 Å².